The molecule has 0 spiro atoms. The van der Waals surface area contributed by atoms with Gasteiger partial charge < -0.3 is 24.8 Å². The average Bonchev–Trinajstić information content (AvgIpc) is 3.71. The fourth-order valence-electron chi connectivity index (χ4n) is 7.50. The summed E-state index contributed by atoms with van der Waals surface area (Å²) in [6, 6.07) is 33.5. The summed E-state index contributed by atoms with van der Waals surface area (Å²) in [6.45, 7) is 13.1. The summed E-state index contributed by atoms with van der Waals surface area (Å²) < 4.78 is 77.5. The molecule has 8 heteroatoms. The predicted molar refractivity (Wildman–Crippen MR) is 194 cm³/mol. The molecule has 272 valence electrons. The van der Waals surface area contributed by atoms with Gasteiger partial charge in [0.15, 0.2) is 0 Å². The molecule has 0 amide bonds. The van der Waals surface area contributed by atoms with Crippen molar-refractivity contribution in [2.75, 3.05) is 0 Å². The van der Waals surface area contributed by atoms with Crippen molar-refractivity contribution in [2.45, 2.75) is 62.5 Å². The standard InChI is InChI=1S/C21H25.C13H10.C11H4F5.2ClH.Hf/c1-20(2,3)16-7-9-18-14(12-16)11-15-13-17(21(4,5)6)8-10-19(15)18;1-3-7-12(8-4-1)11-13-9-5-2-6-10-13;12-7-6(5-3-1-2-4-5)8(13)10(15)11(16)9(7)14;;;/h7-13H,1-6H3;1-10H;1,3H,2H2;2*1H;/q;;;;;+2/p-2. The van der Waals surface area contributed by atoms with Crippen LogP contribution in [0.3, 0.4) is 0 Å². The summed E-state index contributed by atoms with van der Waals surface area (Å²) in [7, 11) is 0. The molecular weight excluding hydrogens is 885 g/mol. The second-order valence-electron chi connectivity index (χ2n) is 15.5. The van der Waals surface area contributed by atoms with Gasteiger partial charge in [-0.25, -0.2) is 0 Å². The van der Waals surface area contributed by atoms with Gasteiger partial charge >= 0.3 is 306 Å². The Kier molecular flexibility index (Phi) is 11.8. The quantitative estimate of drug-likeness (QED) is 0.0840. The zero-order chi connectivity index (χ0) is 36.4. The monoisotopic (exact) mass is 924 g/mol. The average molecular weight is 924 g/mol. The molecule has 5 aromatic rings. The van der Waals surface area contributed by atoms with Crippen molar-refractivity contribution in [2.24, 2.45) is 0 Å². The largest absolute Gasteiger partial charge is 1.00 e. The molecule has 2 aliphatic carbocycles. The number of allylic oxidation sites excluding steroid dienone is 4. The van der Waals surface area contributed by atoms with Crippen LogP contribution < -0.4 is 24.8 Å². The van der Waals surface area contributed by atoms with Gasteiger partial charge in [-0.2, -0.15) is 0 Å². The second kappa shape index (κ2) is 15.4. The first-order valence-corrected chi connectivity index (χ1v) is 22.9. The third-order valence-corrected chi connectivity index (χ3v) is 22.5. The molecule has 0 bridgehead atoms. The Balaban J connectivity index is 0.00000271. The number of benzene rings is 5. The van der Waals surface area contributed by atoms with Crippen molar-refractivity contribution in [1.29, 1.82) is 0 Å². The van der Waals surface area contributed by atoms with E-state index in [2.05, 4.69) is 102 Å². The molecule has 0 aromatic heterocycles. The molecular formula is C45H39Cl2F5Hf. The molecule has 0 aliphatic heterocycles. The minimum absolute atomic E-state index is 0. The number of hydrogen-bond donors (Lipinski definition) is 0. The van der Waals surface area contributed by atoms with Crippen molar-refractivity contribution in [3.63, 3.8) is 0 Å². The smallest absolute Gasteiger partial charge is 1.00 e. The number of hydrogen-bond acceptors (Lipinski definition) is 0. The fourth-order valence-corrected chi connectivity index (χ4v) is 21.3. The predicted octanol–water partition coefficient (Wildman–Crippen LogP) is 6.31. The molecule has 7 rings (SSSR count). The molecule has 0 saturated carbocycles. The van der Waals surface area contributed by atoms with Crippen molar-refractivity contribution in [3.05, 3.63) is 181 Å². The van der Waals surface area contributed by atoms with Gasteiger partial charge in [-0.3, -0.25) is 0 Å². The summed E-state index contributed by atoms with van der Waals surface area (Å²) in [5.41, 5.74) is 7.84. The minimum Gasteiger partial charge on any atom is -1.00 e. The molecule has 53 heavy (non-hydrogen) atoms. The Morgan fingerprint density at radius 1 is 0.566 bits per heavy atom. The van der Waals surface area contributed by atoms with Gasteiger partial charge in [0.05, 0.1) is 0 Å². The molecule has 0 atom stereocenters. The Morgan fingerprint density at radius 2 is 0.981 bits per heavy atom. The summed E-state index contributed by atoms with van der Waals surface area (Å²) >= 11 is -3.96. The maximum atomic E-state index is 15.8. The van der Waals surface area contributed by atoms with Gasteiger partial charge in [0.25, 0.3) is 0 Å². The first-order chi connectivity index (χ1) is 24.2. The van der Waals surface area contributed by atoms with E-state index in [1.54, 1.807) is 6.08 Å². The first-order valence-electron chi connectivity index (χ1n) is 17.2. The van der Waals surface area contributed by atoms with Crippen LogP contribution >= 0.6 is 0 Å². The van der Waals surface area contributed by atoms with Gasteiger partial charge in [0.2, 0.25) is 0 Å². The van der Waals surface area contributed by atoms with E-state index in [0.717, 1.165) is 40.0 Å². The minimum atomic E-state index is -3.96. The van der Waals surface area contributed by atoms with E-state index < -0.39 is 55.6 Å². The molecule has 2 aliphatic rings. The summed E-state index contributed by atoms with van der Waals surface area (Å²) in [6.07, 6.45) is 3.74. The molecule has 0 heterocycles. The number of fused-ring (bicyclic) bond motifs is 3. The van der Waals surface area contributed by atoms with Crippen LogP contribution in [0.1, 0.15) is 90.6 Å². The Morgan fingerprint density at radius 3 is 1.40 bits per heavy atom. The SMILES string of the molecule is CC(C)(C)c1ccc2c(c1)[CH]([Hf+2]([C]1=C(c3c(F)c(F)c(F)c(F)c3F)C=CC1)=[C](c1ccccc1)c1ccccc1)c1cc(C(C)(C)C)ccc1-2.[Cl-].[Cl-]. The third-order valence-electron chi connectivity index (χ3n) is 10.2. The van der Waals surface area contributed by atoms with Crippen LogP contribution in [-0.2, 0) is 31.8 Å². The summed E-state index contributed by atoms with van der Waals surface area (Å²) in [5, 5.41) is 0. The summed E-state index contributed by atoms with van der Waals surface area (Å²) in [5.74, 6) is -9.61. The molecule has 5 aromatic carbocycles. The molecule has 0 unspecified atom stereocenters. The van der Waals surface area contributed by atoms with E-state index in [4.69, 9.17) is 0 Å². The van der Waals surface area contributed by atoms with Crippen LogP contribution in [0.4, 0.5) is 22.0 Å². The summed E-state index contributed by atoms with van der Waals surface area (Å²) in [4.78, 5) is 0. The Labute approximate surface area is 328 Å². The molecule has 0 radical (unpaired) electrons. The van der Waals surface area contributed by atoms with Crippen molar-refractivity contribution in [1.82, 2.24) is 0 Å². The number of halogens is 7. The molecule has 0 N–H and O–H groups in total. The van der Waals surface area contributed by atoms with E-state index in [1.165, 1.54) is 11.1 Å². The topological polar surface area (TPSA) is 0 Å². The van der Waals surface area contributed by atoms with Gasteiger partial charge in [0, 0.05) is 0 Å². The normalized spacial score (nSPS) is 13.5. The third kappa shape index (κ3) is 7.24. The second-order valence-corrected chi connectivity index (χ2v) is 24.5. The molecule has 0 saturated heterocycles. The van der Waals surface area contributed by atoms with Crippen molar-refractivity contribution < 1.29 is 67.7 Å². The van der Waals surface area contributed by atoms with Crippen LogP contribution in [0.5, 0.6) is 0 Å². The van der Waals surface area contributed by atoms with Gasteiger partial charge in [-0.1, -0.05) is 0 Å². The first kappa shape index (κ1) is 40.7. The molecule has 0 nitrogen and oxygen atoms in total. The maximum Gasteiger partial charge on any atom is -1.00 e. The Hall–Kier alpha value is -3.45. The van der Waals surface area contributed by atoms with Crippen molar-refractivity contribution in [3.8, 4) is 11.1 Å². The van der Waals surface area contributed by atoms with Gasteiger partial charge in [0.1, 0.15) is 0 Å². The zero-order valence-electron chi connectivity index (χ0n) is 30.3. The van der Waals surface area contributed by atoms with Crippen molar-refractivity contribution >= 4 is 8.83 Å². The van der Waals surface area contributed by atoms with E-state index in [0.29, 0.717) is 6.42 Å². The van der Waals surface area contributed by atoms with E-state index >= 15 is 8.78 Å². The maximum absolute atomic E-state index is 15.8. The van der Waals surface area contributed by atoms with Gasteiger partial charge in [-0.15, -0.1) is 0 Å². The fraction of sp³-hybridized carbons (Fsp3) is 0.222. The van der Waals surface area contributed by atoms with Crippen LogP contribution in [-0.4, -0.2) is 3.26 Å². The van der Waals surface area contributed by atoms with Crippen LogP contribution in [0.25, 0.3) is 16.7 Å². The zero-order valence-corrected chi connectivity index (χ0v) is 35.4. The van der Waals surface area contributed by atoms with E-state index in [1.807, 2.05) is 42.5 Å². The van der Waals surface area contributed by atoms with E-state index in [9.17, 15) is 13.2 Å². The van der Waals surface area contributed by atoms with Crippen LogP contribution in [0.2, 0.25) is 0 Å². The van der Waals surface area contributed by atoms with Crippen LogP contribution in [0, 0.1) is 29.1 Å². The van der Waals surface area contributed by atoms with Crippen LogP contribution in [0.15, 0.2) is 113 Å². The molecule has 0 fully saturated rings. The number of rotatable bonds is 5. The Bertz CT molecular complexity index is 2160. The van der Waals surface area contributed by atoms with Gasteiger partial charge in [-0.05, 0) is 0 Å². The van der Waals surface area contributed by atoms with E-state index in [-0.39, 0.29) is 44.9 Å².